The fraction of sp³-hybridized carbons (Fsp3) is 0.444. The summed E-state index contributed by atoms with van der Waals surface area (Å²) < 4.78 is 10.8. The minimum atomic E-state index is -0.757. The van der Waals surface area contributed by atoms with E-state index >= 15 is 0 Å². The lowest BCUT2D eigenvalue weighted by Crippen LogP contribution is -2.47. The minimum absolute atomic E-state index is 0.0154. The van der Waals surface area contributed by atoms with Crippen LogP contribution in [0.2, 0.25) is 0 Å². The molecule has 0 aliphatic carbocycles. The number of hydrogen-bond acceptors (Lipinski definition) is 5. The van der Waals surface area contributed by atoms with Crippen LogP contribution in [0.5, 0.6) is 11.5 Å². The van der Waals surface area contributed by atoms with E-state index in [4.69, 9.17) is 14.6 Å². The molecule has 2 amide bonds. The molecule has 0 atom stereocenters. The topological polar surface area (TPSA) is 71.4 Å². The van der Waals surface area contributed by atoms with Gasteiger partial charge in [0.05, 0.1) is 31.4 Å². The summed E-state index contributed by atoms with van der Waals surface area (Å²) in [7, 11) is 3.19. The molecule has 4 rings (SSSR count). The third-order valence-corrected chi connectivity index (χ3v) is 6.93. The Kier molecular flexibility index (Phi) is 6.64. The molecular weight excluding hydrogens is 430 g/mol. The summed E-state index contributed by atoms with van der Waals surface area (Å²) in [6, 6.07) is 13.4. The summed E-state index contributed by atoms with van der Waals surface area (Å²) in [4.78, 5) is 28.4. The molecule has 2 heterocycles. The summed E-state index contributed by atoms with van der Waals surface area (Å²) >= 11 is 0. The van der Waals surface area contributed by atoms with Gasteiger partial charge in [0.2, 0.25) is 0 Å². The summed E-state index contributed by atoms with van der Waals surface area (Å²) in [5, 5.41) is 6.45. The van der Waals surface area contributed by atoms with Crippen molar-refractivity contribution in [2.75, 3.05) is 27.3 Å². The van der Waals surface area contributed by atoms with Crippen molar-refractivity contribution in [3.63, 3.8) is 0 Å². The number of carbonyl (C=O) groups excluding carboxylic acids is 2. The van der Waals surface area contributed by atoms with E-state index in [0.29, 0.717) is 43.1 Å². The van der Waals surface area contributed by atoms with Crippen molar-refractivity contribution in [3.05, 3.63) is 59.2 Å². The van der Waals surface area contributed by atoms with E-state index in [1.54, 1.807) is 19.2 Å². The number of hydrogen-bond donors (Lipinski definition) is 0. The van der Waals surface area contributed by atoms with Gasteiger partial charge < -0.3 is 14.4 Å². The van der Waals surface area contributed by atoms with Gasteiger partial charge in [-0.3, -0.25) is 9.59 Å². The third-order valence-electron chi connectivity index (χ3n) is 6.93. The van der Waals surface area contributed by atoms with Gasteiger partial charge in [-0.25, -0.2) is 5.01 Å². The number of aryl methyl sites for hydroxylation is 1. The summed E-state index contributed by atoms with van der Waals surface area (Å²) in [5.74, 6) is 1.29. The molecule has 180 valence electrons. The molecule has 0 unspecified atom stereocenters. The van der Waals surface area contributed by atoms with Crippen LogP contribution in [0.25, 0.3) is 0 Å². The molecule has 34 heavy (non-hydrogen) atoms. The highest BCUT2D eigenvalue weighted by Gasteiger charge is 2.47. The van der Waals surface area contributed by atoms with Gasteiger partial charge in [0.15, 0.2) is 11.5 Å². The van der Waals surface area contributed by atoms with Crippen LogP contribution in [0.3, 0.4) is 0 Å². The SMILES string of the molecule is CCc1ccccc1C(=O)N1CCC(N2N=C(c3ccc(OC)c(OC)c3)C(C)(C)C2=O)CC1. The van der Waals surface area contributed by atoms with Crippen LogP contribution in [-0.2, 0) is 11.2 Å². The Bertz CT molecular complexity index is 1120. The van der Waals surface area contributed by atoms with Crippen molar-refractivity contribution in [1.29, 1.82) is 0 Å². The Morgan fingerprint density at radius 1 is 1.06 bits per heavy atom. The highest BCUT2D eigenvalue weighted by atomic mass is 16.5. The van der Waals surface area contributed by atoms with Crippen LogP contribution >= 0.6 is 0 Å². The summed E-state index contributed by atoms with van der Waals surface area (Å²) in [5.41, 5.74) is 2.63. The van der Waals surface area contributed by atoms with Crippen LogP contribution in [-0.4, -0.2) is 60.8 Å². The van der Waals surface area contributed by atoms with Gasteiger partial charge in [0.25, 0.3) is 11.8 Å². The third kappa shape index (κ3) is 4.15. The van der Waals surface area contributed by atoms with Crippen molar-refractivity contribution in [2.45, 2.75) is 46.1 Å². The number of rotatable bonds is 6. The van der Waals surface area contributed by atoms with Gasteiger partial charge in [-0.05, 0) is 62.9 Å². The fourth-order valence-electron chi connectivity index (χ4n) is 4.84. The van der Waals surface area contributed by atoms with Gasteiger partial charge in [-0.1, -0.05) is 25.1 Å². The molecule has 7 nitrogen and oxygen atoms in total. The van der Waals surface area contributed by atoms with Gasteiger partial charge >= 0.3 is 0 Å². The van der Waals surface area contributed by atoms with E-state index in [9.17, 15) is 9.59 Å². The Morgan fingerprint density at radius 3 is 2.38 bits per heavy atom. The molecule has 2 aliphatic rings. The second-order valence-corrected chi connectivity index (χ2v) is 9.33. The number of methoxy groups -OCH3 is 2. The van der Waals surface area contributed by atoms with Crippen LogP contribution in [0.1, 0.15) is 55.1 Å². The Morgan fingerprint density at radius 2 is 1.74 bits per heavy atom. The number of amides is 2. The molecule has 1 saturated heterocycles. The van der Waals surface area contributed by atoms with E-state index in [-0.39, 0.29) is 17.9 Å². The van der Waals surface area contributed by atoms with Crippen molar-refractivity contribution in [2.24, 2.45) is 10.5 Å². The lowest BCUT2D eigenvalue weighted by molar-refractivity contribution is -0.137. The second kappa shape index (κ2) is 9.49. The predicted molar refractivity (Wildman–Crippen MR) is 131 cm³/mol. The van der Waals surface area contributed by atoms with Crippen LogP contribution in [0.15, 0.2) is 47.6 Å². The van der Waals surface area contributed by atoms with Crippen LogP contribution in [0, 0.1) is 5.41 Å². The number of carbonyl (C=O) groups is 2. The first-order valence-electron chi connectivity index (χ1n) is 11.8. The lowest BCUT2D eigenvalue weighted by atomic mass is 9.83. The minimum Gasteiger partial charge on any atom is -0.493 e. The average molecular weight is 464 g/mol. The molecule has 0 N–H and O–H groups in total. The van der Waals surface area contributed by atoms with Crippen LogP contribution < -0.4 is 9.47 Å². The molecule has 0 spiro atoms. The van der Waals surface area contributed by atoms with E-state index < -0.39 is 5.41 Å². The van der Waals surface area contributed by atoms with Gasteiger partial charge in [-0.2, -0.15) is 5.10 Å². The van der Waals surface area contributed by atoms with Crippen LogP contribution in [0.4, 0.5) is 0 Å². The lowest BCUT2D eigenvalue weighted by Gasteiger charge is -2.35. The monoisotopic (exact) mass is 463 g/mol. The largest absolute Gasteiger partial charge is 0.493 e. The number of nitrogens with zero attached hydrogens (tertiary/aromatic N) is 3. The molecule has 2 aliphatic heterocycles. The standard InChI is InChI=1S/C27H33N3O4/c1-6-18-9-7-8-10-21(18)25(31)29-15-13-20(14-16-29)30-26(32)27(2,3)24(28-30)19-11-12-22(33-4)23(17-19)34-5/h7-12,17,20H,6,13-16H2,1-5H3. The van der Waals surface area contributed by atoms with Crippen molar-refractivity contribution in [1.82, 2.24) is 9.91 Å². The molecular formula is C27H33N3O4. The van der Waals surface area contributed by atoms with Crippen molar-refractivity contribution >= 4 is 17.5 Å². The first-order chi connectivity index (χ1) is 16.3. The first-order valence-corrected chi connectivity index (χ1v) is 11.8. The fourth-order valence-corrected chi connectivity index (χ4v) is 4.84. The van der Waals surface area contributed by atoms with E-state index in [1.807, 2.05) is 61.2 Å². The Hall–Kier alpha value is -3.35. The normalized spacial score (nSPS) is 18.1. The molecule has 2 aromatic carbocycles. The molecule has 7 heteroatoms. The maximum Gasteiger partial charge on any atom is 0.254 e. The summed E-state index contributed by atoms with van der Waals surface area (Å²) in [6.07, 6.45) is 2.22. The predicted octanol–water partition coefficient (Wildman–Crippen LogP) is 4.14. The Labute approximate surface area is 201 Å². The maximum absolute atomic E-state index is 13.4. The number of benzene rings is 2. The number of ether oxygens (including phenoxy) is 2. The highest BCUT2D eigenvalue weighted by Crippen LogP contribution is 2.37. The van der Waals surface area contributed by atoms with Gasteiger partial charge in [0, 0.05) is 24.2 Å². The quantitative estimate of drug-likeness (QED) is 0.645. The molecule has 0 saturated carbocycles. The van der Waals surface area contributed by atoms with E-state index in [2.05, 4.69) is 6.92 Å². The van der Waals surface area contributed by atoms with Crippen molar-refractivity contribution in [3.8, 4) is 11.5 Å². The molecule has 0 aromatic heterocycles. The van der Waals surface area contributed by atoms with Crippen molar-refractivity contribution < 1.29 is 19.1 Å². The average Bonchev–Trinajstić information content (AvgIpc) is 3.11. The van der Waals surface area contributed by atoms with Gasteiger partial charge in [-0.15, -0.1) is 0 Å². The zero-order valence-corrected chi connectivity index (χ0v) is 20.6. The molecule has 1 fully saturated rings. The number of hydrazone groups is 1. The zero-order chi connectivity index (χ0) is 24.5. The highest BCUT2D eigenvalue weighted by molar-refractivity contribution is 6.19. The molecule has 0 bridgehead atoms. The maximum atomic E-state index is 13.4. The Balaban J connectivity index is 1.51. The van der Waals surface area contributed by atoms with E-state index in [1.165, 1.54) is 0 Å². The summed E-state index contributed by atoms with van der Waals surface area (Å²) in [6.45, 7) is 7.09. The number of piperidine rings is 1. The van der Waals surface area contributed by atoms with E-state index in [0.717, 1.165) is 23.1 Å². The first kappa shape index (κ1) is 23.8. The van der Waals surface area contributed by atoms with Gasteiger partial charge in [0.1, 0.15) is 0 Å². The number of likely N-dealkylation sites (tertiary alicyclic amines) is 1. The zero-order valence-electron chi connectivity index (χ0n) is 20.6. The molecule has 0 radical (unpaired) electrons. The molecule has 2 aromatic rings. The smallest absolute Gasteiger partial charge is 0.254 e. The second-order valence-electron chi connectivity index (χ2n) is 9.33.